The number of hydrogen-bond acceptors (Lipinski definition) is 5. The van der Waals surface area contributed by atoms with Gasteiger partial charge in [-0.1, -0.05) is 25.1 Å². The number of benzene rings is 1. The van der Waals surface area contributed by atoms with Crippen molar-refractivity contribution in [1.29, 1.82) is 0 Å². The van der Waals surface area contributed by atoms with Crippen molar-refractivity contribution < 1.29 is 13.6 Å². The fourth-order valence-corrected chi connectivity index (χ4v) is 6.43. The van der Waals surface area contributed by atoms with Crippen molar-refractivity contribution in [2.45, 2.75) is 38.6 Å². The molecule has 0 saturated carbocycles. The molecular formula is C26H30FN3O2S. The molecule has 1 fully saturated rings. The number of amides is 1. The second-order valence-electron chi connectivity index (χ2n) is 8.78. The zero-order valence-electron chi connectivity index (χ0n) is 19.0. The molecule has 7 heteroatoms. The van der Waals surface area contributed by atoms with Crippen molar-refractivity contribution in [2.24, 2.45) is 0 Å². The number of furan rings is 1. The number of anilines is 1. The summed E-state index contributed by atoms with van der Waals surface area (Å²) in [7, 11) is 0. The maximum atomic E-state index is 15.2. The average Bonchev–Trinajstić information content (AvgIpc) is 3.50. The first kappa shape index (κ1) is 22.3. The molecule has 0 bridgehead atoms. The van der Waals surface area contributed by atoms with Crippen LogP contribution in [0.25, 0.3) is 0 Å². The van der Waals surface area contributed by atoms with Gasteiger partial charge in [0.1, 0.15) is 10.8 Å². The van der Waals surface area contributed by atoms with Crippen LogP contribution in [0.1, 0.15) is 57.9 Å². The van der Waals surface area contributed by atoms with E-state index in [9.17, 15) is 4.79 Å². The van der Waals surface area contributed by atoms with Crippen LogP contribution in [0.5, 0.6) is 0 Å². The Morgan fingerprint density at radius 2 is 1.91 bits per heavy atom. The largest absolute Gasteiger partial charge is 0.459 e. The number of likely N-dealkylation sites (N-methyl/N-ethyl adjacent to an activating group) is 1. The van der Waals surface area contributed by atoms with E-state index < -0.39 is 0 Å². The summed E-state index contributed by atoms with van der Waals surface area (Å²) >= 11 is 1.65. The quantitative estimate of drug-likeness (QED) is 0.532. The number of fused-ring (bicyclic) bond motifs is 1. The normalized spacial score (nSPS) is 18.1. The maximum Gasteiger partial charge on any atom is 0.291 e. The number of rotatable bonds is 6. The van der Waals surface area contributed by atoms with Gasteiger partial charge in [-0.2, -0.15) is 0 Å². The molecule has 0 spiro atoms. The highest BCUT2D eigenvalue weighted by Gasteiger charge is 2.35. The molecular weight excluding hydrogens is 437 g/mol. The Morgan fingerprint density at radius 1 is 1.12 bits per heavy atom. The van der Waals surface area contributed by atoms with Gasteiger partial charge in [0.05, 0.1) is 12.3 Å². The van der Waals surface area contributed by atoms with E-state index in [4.69, 9.17) is 4.42 Å². The molecule has 1 aromatic carbocycles. The molecule has 5 rings (SSSR count). The number of piperazine rings is 1. The number of carbonyl (C=O) groups excluding carboxylic acids is 1. The molecule has 174 valence electrons. The van der Waals surface area contributed by atoms with E-state index >= 15 is 4.39 Å². The first-order valence-electron chi connectivity index (χ1n) is 11.9. The lowest BCUT2D eigenvalue weighted by Gasteiger charge is -2.40. The number of nitrogens with one attached hydrogen (secondary N) is 1. The minimum atomic E-state index is -0.261. The summed E-state index contributed by atoms with van der Waals surface area (Å²) in [5, 5.41) is 3.95. The van der Waals surface area contributed by atoms with Gasteiger partial charge in [-0.05, 0) is 56.0 Å². The predicted molar refractivity (Wildman–Crippen MR) is 130 cm³/mol. The summed E-state index contributed by atoms with van der Waals surface area (Å²) in [4.78, 5) is 19.1. The van der Waals surface area contributed by atoms with Crippen LogP contribution in [-0.4, -0.2) is 48.4 Å². The number of aryl methyl sites for hydroxylation is 1. The zero-order valence-corrected chi connectivity index (χ0v) is 19.8. The molecule has 0 radical (unpaired) electrons. The van der Waals surface area contributed by atoms with Gasteiger partial charge in [-0.25, -0.2) is 4.39 Å². The molecule has 3 heterocycles. The summed E-state index contributed by atoms with van der Waals surface area (Å²) in [6.45, 7) is 6.85. The van der Waals surface area contributed by atoms with Crippen LogP contribution < -0.4 is 5.32 Å². The van der Waals surface area contributed by atoms with Crippen LogP contribution in [0.3, 0.4) is 0 Å². The molecule has 5 nitrogen and oxygen atoms in total. The number of carbonyl (C=O) groups is 1. The summed E-state index contributed by atoms with van der Waals surface area (Å²) < 4.78 is 20.6. The summed E-state index contributed by atoms with van der Waals surface area (Å²) in [5.74, 6) is -0.172. The fourth-order valence-electron chi connectivity index (χ4n) is 5.11. The van der Waals surface area contributed by atoms with Crippen molar-refractivity contribution in [1.82, 2.24) is 9.80 Å². The standard InChI is InChI=1S/C26H30FN3O2S/c1-2-29-13-15-30(16-14-29)24(18-8-3-5-10-20(18)27)23-19-9-4-6-12-22(19)33-26(23)28-25(31)21-11-7-17-32-21/h3,5,7-8,10-11,17,24H,2,4,6,9,12-16H2,1H3,(H,28,31). The highest BCUT2D eigenvalue weighted by molar-refractivity contribution is 7.16. The van der Waals surface area contributed by atoms with E-state index in [1.807, 2.05) is 12.1 Å². The molecule has 2 aliphatic rings. The Bertz CT molecular complexity index is 1100. The SMILES string of the molecule is CCN1CCN(C(c2ccccc2F)c2c(NC(=O)c3ccco3)sc3c2CCCC3)CC1. The zero-order chi connectivity index (χ0) is 22.8. The lowest BCUT2D eigenvalue weighted by Crippen LogP contribution is -2.48. The van der Waals surface area contributed by atoms with Gasteiger partial charge in [0.15, 0.2) is 5.76 Å². The third-order valence-corrected chi connectivity index (χ3v) is 8.10. The van der Waals surface area contributed by atoms with Crippen molar-refractivity contribution in [3.05, 3.63) is 75.8 Å². The third-order valence-electron chi connectivity index (χ3n) is 6.88. The number of nitrogens with zero attached hydrogens (tertiary/aromatic N) is 2. The van der Waals surface area contributed by atoms with Gasteiger partial charge in [0, 0.05) is 42.2 Å². The van der Waals surface area contributed by atoms with Gasteiger partial charge in [0.25, 0.3) is 5.91 Å². The third kappa shape index (κ3) is 4.50. The van der Waals surface area contributed by atoms with Gasteiger partial charge in [-0.3, -0.25) is 9.69 Å². The van der Waals surface area contributed by atoms with E-state index in [-0.39, 0.29) is 23.5 Å². The minimum Gasteiger partial charge on any atom is -0.459 e. The van der Waals surface area contributed by atoms with E-state index in [1.54, 1.807) is 35.6 Å². The highest BCUT2D eigenvalue weighted by atomic mass is 32.1. The first-order valence-corrected chi connectivity index (χ1v) is 12.7. The summed E-state index contributed by atoms with van der Waals surface area (Å²) in [6.07, 6.45) is 5.76. The Labute approximate surface area is 198 Å². The molecule has 1 unspecified atom stereocenters. The van der Waals surface area contributed by atoms with Gasteiger partial charge in [0.2, 0.25) is 0 Å². The van der Waals surface area contributed by atoms with E-state index in [0.717, 1.165) is 69.0 Å². The number of halogens is 1. The Morgan fingerprint density at radius 3 is 2.64 bits per heavy atom. The second-order valence-corrected chi connectivity index (χ2v) is 9.88. The van der Waals surface area contributed by atoms with Gasteiger partial charge < -0.3 is 14.6 Å². The minimum absolute atomic E-state index is 0.195. The van der Waals surface area contributed by atoms with E-state index in [1.165, 1.54) is 16.7 Å². The van der Waals surface area contributed by atoms with Gasteiger partial charge >= 0.3 is 0 Å². The van der Waals surface area contributed by atoms with Crippen molar-refractivity contribution in [3.8, 4) is 0 Å². The maximum absolute atomic E-state index is 15.2. The van der Waals surface area contributed by atoms with Crippen molar-refractivity contribution in [3.63, 3.8) is 0 Å². The topological polar surface area (TPSA) is 48.7 Å². The van der Waals surface area contributed by atoms with Crippen molar-refractivity contribution >= 4 is 22.2 Å². The molecule has 1 amide bonds. The van der Waals surface area contributed by atoms with Crippen LogP contribution in [0, 0.1) is 5.82 Å². The van der Waals surface area contributed by atoms with Crippen LogP contribution >= 0.6 is 11.3 Å². The molecule has 1 aliphatic carbocycles. The molecule has 1 atom stereocenters. The molecule has 33 heavy (non-hydrogen) atoms. The summed E-state index contributed by atoms with van der Waals surface area (Å²) in [5.41, 5.74) is 3.05. The number of thiophene rings is 1. The lowest BCUT2D eigenvalue weighted by atomic mass is 9.88. The highest BCUT2D eigenvalue weighted by Crippen LogP contribution is 2.46. The molecule has 1 N–H and O–H groups in total. The van der Waals surface area contributed by atoms with Crippen molar-refractivity contribution in [2.75, 3.05) is 38.0 Å². The molecule has 2 aromatic heterocycles. The predicted octanol–water partition coefficient (Wildman–Crippen LogP) is 5.34. The molecule has 1 saturated heterocycles. The van der Waals surface area contributed by atoms with Crippen LogP contribution in [0.4, 0.5) is 9.39 Å². The average molecular weight is 468 g/mol. The smallest absolute Gasteiger partial charge is 0.291 e. The molecule has 3 aromatic rings. The van der Waals surface area contributed by atoms with Gasteiger partial charge in [-0.15, -0.1) is 11.3 Å². The Kier molecular flexibility index (Phi) is 6.62. The van der Waals surface area contributed by atoms with E-state index in [0.29, 0.717) is 5.56 Å². The lowest BCUT2D eigenvalue weighted by molar-refractivity contribution is 0.0995. The Balaban J connectivity index is 1.60. The Hall–Kier alpha value is -2.48. The number of hydrogen-bond donors (Lipinski definition) is 1. The van der Waals surface area contributed by atoms with Crippen LogP contribution in [0.2, 0.25) is 0 Å². The first-order chi connectivity index (χ1) is 16.2. The fraction of sp³-hybridized carbons (Fsp3) is 0.423. The van der Waals surface area contributed by atoms with E-state index in [2.05, 4.69) is 22.0 Å². The van der Waals surface area contributed by atoms with Crippen LogP contribution in [-0.2, 0) is 12.8 Å². The summed E-state index contributed by atoms with van der Waals surface area (Å²) in [6, 6.07) is 10.3. The van der Waals surface area contributed by atoms with Crippen LogP contribution in [0.15, 0.2) is 47.1 Å². The monoisotopic (exact) mass is 467 g/mol. The molecule has 1 aliphatic heterocycles. The second kappa shape index (κ2) is 9.79.